The standard InChI is InChI=1S/C40H48ClN5O6S/c1-6-7-22-44-27-29(41)26-31-38(44)43-33(39(31,2)3)16-13-28(15-18-35(47)42-21-24-46-36(48)19-20-37(46)49)14-17-34-40(4,5)30-11-8-9-12-32(30)45(34)23-10-25-53(50,51)52/h8-9,11-14,16-17,19-20,26-27H,6-7,10,15,18,21-25H2,1-5H3,(H-,42,47,50,51,52)/p+1. The number of aromatic nitrogens is 1. The lowest BCUT2D eigenvalue weighted by Gasteiger charge is -2.27. The van der Waals surface area contributed by atoms with Crippen LogP contribution in [0.5, 0.6) is 0 Å². The molecule has 282 valence electrons. The van der Waals surface area contributed by atoms with E-state index in [2.05, 4.69) is 55.5 Å². The number of carbonyl (C=O) groups excluding carboxylic acids is 3. The fourth-order valence-electron chi connectivity index (χ4n) is 7.01. The number of para-hydroxylation sites is 1. The molecule has 0 spiro atoms. The van der Waals surface area contributed by atoms with Gasteiger partial charge in [0.25, 0.3) is 21.9 Å². The summed E-state index contributed by atoms with van der Waals surface area (Å²) < 4.78 is 34.7. The molecule has 3 amide bonds. The van der Waals surface area contributed by atoms with Crippen LogP contribution in [0.2, 0.25) is 5.02 Å². The summed E-state index contributed by atoms with van der Waals surface area (Å²) >= 11 is 6.57. The molecule has 2 aromatic rings. The Hall–Kier alpha value is -4.39. The molecule has 53 heavy (non-hydrogen) atoms. The second-order valence-corrected chi connectivity index (χ2v) is 16.6. The fourth-order valence-corrected chi connectivity index (χ4v) is 7.73. The van der Waals surface area contributed by atoms with Crippen molar-refractivity contribution < 1.29 is 31.9 Å². The number of unbranched alkanes of at least 4 members (excludes halogenated alkanes) is 1. The summed E-state index contributed by atoms with van der Waals surface area (Å²) in [5.74, 6) is -0.471. The second-order valence-electron chi connectivity index (χ2n) is 14.6. The van der Waals surface area contributed by atoms with Crippen LogP contribution in [-0.2, 0) is 41.9 Å². The number of imide groups is 1. The highest BCUT2D eigenvalue weighted by Crippen LogP contribution is 2.47. The van der Waals surface area contributed by atoms with E-state index < -0.39 is 32.8 Å². The third-order valence-electron chi connectivity index (χ3n) is 10.1. The Balaban J connectivity index is 1.44. The number of rotatable bonds is 16. The number of fused-ring (bicyclic) bond motifs is 2. The minimum absolute atomic E-state index is 0.0892. The van der Waals surface area contributed by atoms with Gasteiger partial charge in [-0.1, -0.05) is 69.1 Å². The van der Waals surface area contributed by atoms with Gasteiger partial charge in [-0.3, -0.25) is 23.8 Å². The van der Waals surface area contributed by atoms with Gasteiger partial charge in [0.15, 0.2) is 5.71 Å². The van der Waals surface area contributed by atoms with Gasteiger partial charge in [0, 0.05) is 55.0 Å². The van der Waals surface area contributed by atoms with Gasteiger partial charge in [-0.05, 0) is 73.5 Å². The van der Waals surface area contributed by atoms with Gasteiger partial charge in [-0.25, -0.2) is 4.57 Å². The molecule has 0 fully saturated rings. The van der Waals surface area contributed by atoms with Crippen LogP contribution in [0.4, 0.5) is 11.5 Å². The summed E-state index contributed by atoms with van der Waals surface area (Å²) in [6.45, 7) is 12.0. The van der Waals surface area contributed by atoms with Crippen molar-refractivity contribution in [1.82, 2.24) is 10.2 Å². The molecule has 0 atom stereocenters. The molecule has 0 aliphatic carbocycles. The van der Waals surface area contributed by atoms with Crippen molar-refractivity contribution >= 4 is 56.7 Å². The number of nitrogens with zero attached hydrogens (tertiary/aromatic N) is 4. The first-order chi connectivity index (χ1) is 25.0. The van der Waals surface area contributed by atoms with Gasteiger partial charge in [0.2, 0.25) is 5.91 Å². The topological polar surface area (TPSA) is 140 Å². The highest BCUT2D eigenvalue weighted by molar-refractivity contribution is 7.85. The quantitative estimate of drug-likeness (QED) is 0.0918. The maximum Gasteiger partial charge on any atom is 0.327 e. The zero-order valence-electron chi connectivity index (χ0n) is 31.1. The molecule has 1 aromatic heterocycles. The van der Waals surface area contributed by atoms with Gasteiger partial charge in [-0.2, -0.15) is 8.42 Å². The average Bonchev–Trinajstić information content (AvgIpc) is 3.63. The van der Waals surface area contributed by atoms with Gasteiger partial charge in [0.05, 0.1) is 28.3 Å². The van der Waals surface area contributed by atoms with Gasteiger partial charge in [0.1, 0.15) is 6.20 Å². The maximum atomic E-state index is 13.0. The van der Waals surface area contributed by atoms with Crippen molar-refractivity contribution in [3.63, 3.8) is 0 Å². The predicted molar refractivity (Wildman–Crippen MR) is 208 cm³/mol. The summed E-state index contributed by atoms with van der Waals surface area (Å²) in [6.07, 6.45) is 15.2. The molecule has 0 saturated carbocycles. The molecule has 3 aliphatic heterocycles. The first-order valence-corrected chi connectivity index (χ1v) is 20.1. The van der Waals surface area contributed by atoms with Crippen LogP contribution in [0, 0.1) is 0 Å². The number of hydrogen-bond donors (Lipinski definition) is 2. The van der Waals surface area contributed by atoms with Crippen molar-refractivity contribution in [3.8, 4) is 0 Å². The first kappa shape index (κ1) is 39.8. The number of halogens is 1. The molecule has 0 saturated heterocycles. The van der Waals surface area contributed by atoms with E-state index in [0.717, 1.165) is 63.9 Å². The lowest BCUT2D eigenvalue weighted by molar-refractivity contribution is -0.684. The predicted octanol–water partition coefficient (Wildman–Crippen LogP) is 6.05. The Bertz CT molecular complexity index is 2030. The van der Waals surface area contributed by atoms with Crippen LogP contribution in [0.15, 0.2) is 89.2 Å². The zero-order chi connectivity index (χ0) is 38.6. The number of allylic oxidation sites excluding steroid dienone is 6. The normalized spacial score (nSPS) is 18.4. The highest BCUT2D eigenvalue weighted by Gasteiger charge is 2.43. The molecular formula is C40H49ClN5O6S+. The Morgan fingerprint density at radius 1 is 1.00 bits per heavy atom. The minimum Gasteiger partial charge on any atom is -0.354 e. The van der Waals surface area contributed by atoms with E-state index in [1.807, 2.05) is 54.8 Å². The second kappa shape index (κ2) is 16.3. The Morgan fingerprint density at radius 2 is 1.72 bits per heavy atom. The van der Waals surface area contributed by atoms with E-state index in [1.54, 1.807) is 0 Å². The van der Waals surface area contributed by atoms with E-state index in [1.165, 1.54) is 12.2 Å². The van der Waals surface area contributed by atoms with E-state index >= 15 is 0 Å². The average molecular weight is 763 g/mol. The number of amides is 3. The largest absolute Gasteiger partial charge is 0.354 e. The van der Waals surface area contributed by atoms with E-state index in [4.69, 9.17) is 16.6 Å². The molecule has 2 N–H and O–H groups in total. The van der Waals surface area contributed by atoms with Crippen LogP contribution in [0.25, 0.3) is 0 Å². The van der Waals surface area contributed by atoms with Crippen molar-refractivity contribution in [3.05, 3.63) is 100 Å². The van der Waals surface area contributed by atoms with Crippen LogP contribution in [0.1, 0.15) is 77.8 Å². The first-order valence-electron chi connectivity index (χ1n) is 18.1. The maximum absolute atomic E-state index is 13.0. The number of hydrogen-bond acceptors (Lipinski definition) is 7. The summed E-state index contributed by atoms with van der Waals surface area (Å²) in [4.78, 5) is 45.1. The molecule has 4 heterocycles. The van der Waals surface area contributed by atoms with E-state index in [-0.39, 0.29) is 37.6 Å². The molecule has 0 bridgehead atoms. The highest BCUT2D eigenvalue weighted by atomic mass is 35.5. The Kier molecular flexibility index (Phi) is 12.3. The van der Waals surface area contributed by atoms with Crippen LogP contribution >= 0.6 is 11.6 Å². The zero-order valence-corrected chi connectivity index (χ0v) is 32.6. The Morgan fingerprint density at radius 3 is 2.42 bits per heavy atom. The minimum atomic E-state index is -4.12. The number of pyridine rings is 1. The molecule has 0 unspecified atom stereocenters. The molecular weight excluding hydrogens is 714 g/mol. The SMILES string of the molecule is CCCC[n+]1cc(Cl)cc2c1N=C(/C=C/C(=C/C=C1/N(CCCS(=O)(=O)O)c3ccccc3C1(C)C)CCC(=O)NCCN1C(=O)C=CC1=O)C2(C)C. The lowest BCUT2D eigenvalue weighted by atomic mass is 9.82. The Labute approximate surface area is 317 Å². The van der Waals surface area contributed by atoms with E-state index in [0.29, 0.717) is 18.0 Å². The van der Waals surface area contributed by atoms with Gasteiger partial charge >= 0.3 is 5.82 Å². The van der Waals surface area contributed by atoms with Crippen LogP contribution in [-0.4, -0.2) is 66.7 Å². The summed E-state index contributed by atoms with van der Waals surface area (Å²) in [6, 6.07) is 9.98. The molecule has 5 rings (SSSR count). The molecule has 11 nitrogen and oxygen atoms in total. The van der Waals surface area contributed by atoms with Crippen LogP contribution < -0.4 is 14.8 Å². The molecule has 0 radical (unpaired) electrons. The number of benzene rings is 1. The van der Waals surface area contributed by atoms with Crippen molar-refractivity contribution in [2.75, 3.05) is 30.3 Å². The number of nitrogens with one attached hydrogen (secondary N) is 1. The van der Waals surface area contributed by atoms with Crippen LogP contribution in [0.3, 0.4) is 0 Å². The number of carbonyl (C=O) groups is 3. The number of aryl methyl sites for hydroxylation is 1. The summed E-state index contributed by atoms with van der Waals surface area (Å²) in [7, 11) is -4.12. The summed E-state index contributed by atoms with van der Waals surface area (Å²) in [5.41, 5.74) is 4.95. The monoisotopic (exact) mass is 762 g/mol. The molecule has 13 heteroatoms. The van der Waals surface area contributed by atoms with Crippen molar-refractivity contribution in [2.24, 2.45) is 4.99 Å². The third kappa shape index (κ3) is 9.23. The third-order valence-corrected chi connectivity index (χ3v) is 11.1. The number of anilines is 1. The summed E-state index contributed by atoms with van der Waals surface area (Å²) in [5, 5.41) is 3.48. The lowest BCUT2D eigenvalue weighted by Crippen LogP contribution is -2.38. The van der Waals surface area contributed by atoms with E-state index in [9.17, 15) is 27.4 Å². The fraction of sp³-hybridized carbons (Fsp3) is 0.425. The molecule has 1 aromatic carbocycles. The van der Waals surface area contributed by atoms with Crippen molar-refractivity contribution in [1.29, 1.82) is 0 Å². The smallest absolute Gasteiger partial charge is 0.327 e. The number of aliphatic imine (C=N–C) groups is 1. The van der Waals surface area contributed by atoms with Gasteiger partial charge < -0.3 is 10.2 Å². The van der Waals surface area contributed by atoms with Crippen molar-refractivity contribution in [2.45, 2.75) is 84.1 Å². The molecule has 3 aliphatic rings. The van der Waals surface area contributed by atoms with Gasteiger partial charge in [-0.15, -0.1) is 0 Å².